The van der Waals surface area contributed by atoms with Gasteiger partial charge in [-0.15, -0.1) is 0 Å². The maximum absolute atomic E-state index is 14.1. The Morgan fingerprint density at radius 1 is 1.36 bits per heavy atom. The topological polar surface area (TPSA) is 59.8 Å². The Balaban J connectivity index is 1.80. The Labute approximate surface area is 172 Å². The standard InChI is InChI=1S/C20H22ClFN4OS/c1-13(2)6-9-24-19(27)11-26-18-10-23-8-7-17(18)25-20(26)28-12-14-15(21)4-3-5-16(14)22/h3-5,7-8,10,13H,6,9,11-12H2,1-2H3,(H,24,27). The molecule has 0 aliphatic carbocycles. The van der Waals surface area contributed by atoms with Crippen LogP contribution in [0.2, 0.25) is 5.02 Å². The average molecular weight is 421 g/mol. The maximum atomic E-state index is 14.1. The largest absolute Gasteiger partial charge is 0.355 e. The SMILES string of the molecule is CC(C)CCNC(=O)Cn1c(SCc2c(F)cccc2Cl)nc2ccncc21. The Morgan fingerprint density at radius 2 is 2.18 bits per heavy atom. The molecular weight excluding hydrogens is 399 g/mol. The number of benzene rings is 1. The van der Waals surface area contributed by atoms with Crippen molar-refractivity contribution in [1.29, 1.82) is 0 Å². The molecule has 0 saturated carbocycles. The summed E-state index contributed by atoms with van der Waals surface area (Å²) in [5.41, 5.74) is 1.93. The zero-order valence-corrected chi connectivity index (χ0v) is 17.4. The number of fused-ring (bicyclic) bond motifs is 1. The lowest BCUT2D eigenvalue weighted by molar-refractivity contribution is -0.121. The minimum Gasteiger partial charge on any atom is -0.355 e. The molecule has 0 aliphatic rings. The predicted octanol–water partition coefficient (Wildman–Crippen LogP) is 4.68. The molecule has 148 valence electrons. The molecule has 2 aromatic heterocycles. The van der Waals surface area contributed by atoms with Gasteiger partial charge < -0.3 is 9.88 Å². The molecule has 1 N–H and O–H groups in total. The number of thioether (sulfide) groups is 1. The molecule has 1 aromatic carbocycles. The van der Waals surface area contributed by atoms with Gasteiger partial charge in [-0.2, -0.15) is 0 Å². The van der Waals surface area contributed by atoms with E-state index in [0.29, 0.717) is 34.0 Å². The van der Waals surface area contributed by atoms with Crippen molar-refractivity contribution in [3.63, 3.8) is 0 Å². The molecule has 0 spiro atoms. The highest BCUT2D eigenvalue weighted by Crippen LogP contribution is 2.30. The second kappa shape index (κ2) is 9.39. The molecule has 5 nitrogen and oxygen atoms in total. The van der Waals surface area contributed by atoms with Gasteiger partial charge in [0.1, 0.15) is 12.4 Å². The summed E-state index contributed by atoms with van der Waals surface area (Å²) < 4.78 is 15.9. The fourth-order valence-corrected chi connectivity index (χ4v) is 4.07. The number of nitrogens with one attached hydrogen (secondary N) is 1. The van der Waals surface area contributed by atoms with E-state index in [0.717, 1.165) is 17.5 Å². The molecule has 0 aliphatic heterocycles. The number of rotatable bonds is 8. The molecule has 3 aromatic rings. The van der Waals surface area contributed by atoms with Gasteiger partial charge in [0.05, 0.1) is 17.2 Å². The van der Waals surface area contributed by atoms with E-state index in [-0.39, 0.29) is 18.3 Å². The maximum Gasteiger partial charge on any atom is 0.240 e. The Bertz CT molecular complexity index is 956. The number of pyridine rings is 1. The van der Waals surface area contributed by atoms with Gasteiger partial charge in [-0.1, -0.05) is 43.3 Å². The first kappa shape index (κ1) is 20.6. The van der Waals surface area contributed by atoms with Crippen LogP contribution in [-0.4, -0.2) is 27.0 Å². The summed E-state index contributed by atoms with van der Waals surface area (Å²) >= 11 is 7.47. The number of carbonyl (C=O) groups is 1. The number of hydrogen-bond donors (Lipinski definition) is 1. The third-order valence-electron chi connectivity index (χ3n) is 4.27. The first-order valence-corrected chi connectivity index (χ1v) is 10.4. The molecule has 0 atom stereocenters. The van der Waals surface area contributed by atoms with Crippen molar-refractivity contribution < 1.29 is 9.18 Å². The number of hydrogen-bond acceptors (Lipinski definition) is 4. The van der Waals surface area contributed by atoms with Crippen LogP contribution in [0.5, 0.6) is 0 Å². The van der Waals surface area contributed by atoms with Gasteiger partial charge in [0.15, 0.2) is 5.16 Å². The smallest absolute Gasteiger partial charge is 0.240 e. The van der Waals surface area contributed by atoms with Crippen LogP contribution in [0.3, 0.4) is 0 Å². The minimum absolute atomic E-state index is 0.0884. The van der Waals surface area contributed by atoms with Crippen LogP contribution in [0.15, 0.2) is 41.8 Å². The van der Waals surface area contributed by atoms with E-state index < -0.39 is 0 Å². The molecule has 3 rings (SSSR count). The van der Waals surface area contributed by atoms with E-state index >= 15 is 0 Å². The number of halogens is 2. The predicted molar refractivity (Wildman–Crippen MR) is 111 cm³/mol. The Kier molecular flexibility index (Phi) is 6.91. The van der Waals surface area contributed by atoms with Crippen molar-refractivity contribution in [3.05, 3.63) is 53.1 Å². The number of amides is 1. The lowest BCUT2D eigenvalue weighted by Crippen LogP contribution is -2.29. The summed E-state index contributed by atoms with van der Waals surface area (Å²) in [4.78, 5) is 21.1. The van der Waals surface area contributed by atoms with Crippen LogP contribution >= 0.6 is 23.4 Å². The number of carbonyl (C=O) groups excluding carboxylic acids is 1. The zero-order chi connectivity index (χ0) is 20.1. The van der Waals surface area contributed by atoms with Crippen molar-refractivity contribution in [2.45, 2.75) is 37.7 Å². The van der Waals surface area contributed by atoms with Crippen molar-refractivity contribution in [2.24, 2.45) is 5.92 Å². The first-order chi connectivity index (χ1) is 13.5. The summed E-state index contributed by atoms with van der Waals surface area (Å²) in [7, 11) is 0. The van der Waals surface area contributed by atoms with E-state index in [4.69, 9.17) is 11.6 Å². The fourth-order valence-electron chi connectivity index (χ4n) is 2.72. The van der Waals surface area contributed by atoms with Gasteiger partial charge >= 0.3 is 0 Å². The Morgan fingerprint density at radius 3 is 2.93 bits per heavy atom. The summed E-state index contributed by atoms with van der Waals surface area (Å²) in [6, 6.07) is 6.42. The van der Waals surface area contributed by atoms with E-state index in [1.807, 2.05) is 4.57 Å². The van der Waals surface area contributed by atoms with Crippen molar-refractivity contribution in [2.75, 3.05) is 6.54 Å². The van der Waals surface area contributed by atoms with Gasteiger partial charge in [-0.3, -0.25) is 9.78 Å². The molecular formula is C20H22ClFN4OS. The number of aromatic nitrogens is 3. The quantitative estimate of drug-likeness (QED) is 0.537. The normalized spacial score (nSPS) is 11.3. The molecule has 8 heteroatoms. The van der Waals surface area contributed by atoms with Crippen molar-refractivity contribution in [3.8, 4) is 0 Å². The minimum atomic E-state index is -0.351. The molecule has 2 heterocycles. The van der Waals surface area contributed by atoms with Gasteiger partial charge in [0.25, 0.3) is 0 Å². The second-order valence-electron chi connectivity index (χ2n) is 6.87. The molecule has 0 fully saturated rings. The summed E-state index contributed by atoms with van der Waals surface area (Å²) in [5.74, 6) is 0.401. The lowest BCUT2D eigenvalue weighted by atomic mass is 10.1. The van der Waals surface area contributed by atoms with E-state index in [2.05, 4.69) is 29.1 Å². The summed E-state index contributed by atoms with van der Waals surface area (Å²) in [6.45, 7) is 5.00. The zero-order valence-electron chi connectivity index (χ0n) is 15.8. The first-order valence-electron chi connectivity index (χ1n) is 9.08. The molecule has 28 heavy (non-hydrogen) atoms. The van der Waals surface area contributed by atoms with E-state index in [1.54, 1.807) is 30.6 Å². The van der Waals surface area contributed by atoms with Crippen LogP contribution in [0, 0.1) is 11.7 Å². The fraction of sp³-hybridized carbons (Fsp3) is 0.350. The van der Waals surface area contributed by atoms with Gasteiger partial charge in [0, 0.05) is 29.1 Å². The number of nitrogens with zero attached hydrogens (tertiary/aromatic N) is 3. The Hall–Kier alpha value is -2.12. The van der Waals surface area contributed by atoms with Crippen molar-refractivity contribution in [1.82, 2.24) is 19.9 Å². The highest BCUT2D eigenvalue weighted by Gasteiger charge is 2.16. The van der Waals surface area contributed by atoms with Gasteiger partial charge in [-0.05, 0) is 30.5 Å². The molecule has 1 amide bonds. The van der Waals surface area contributed by atoms with Crippen LogP contribution in [0.1, 0.15) is 25.8 Å². The van der Waals surface area contributed by atoms with E-state index in [9.17, 15) is 9.18 Å². The third kappa shape index (κ3) is 5.02. The van der Waals surface area contributed by atoms with Crippen LogP contribution in [-0.2, 0) is 17.1 Å². The van der Waals surface area contributed by atoms with Crippen LogP contribution in [0.4, 0.5) is 4.39 Å². The lowest BCUT2D eigenvalue weighted by Gasteiger charge is -2.11. The average Bonchev–Trinajstić information content (AvgIpc) is 2.98. The highest BCUT2D eigenvalue weighted by atomic mass is 35.5. The number of imidazole rings is 1. The molecule has 0 bridgehead atoms. The molecule has 0 saturated heterocycles. The van der Waals surface area contributed by atoms with Crippen LogP contribution < -0.4 is 5.32 Å². The van der Waals surface area contributed by atoms with Gasteiger partial charge in [0.2, 0.25) is 5.91 Å². The third-order valence-corrected chi connectivity index (χ3v) is 5.63. The summed E-state index contributed by atoms with van der Waals surface area (Å²) in [5, 5.41) is 3.94. The van der Waals surface area contributed by atoms with Crippen LogP contribution in [0.25, 0.3) is 11.0 Å². The highest BCUT2D eigenvalue weighted by molar-refractivity contribution is 7.98. The summed E-state index contributed by atoms with van der Waals surface area (Å²) in [6.07, 6.45) is 4.26. The molecule has 0 radical (unpaired) electrons. The monoisotopic (exact) mass is 420 g/mol. The molecule has 0 unspecified atom stereocenters. The second-order valence-corrected chi connectivity index (χ2v) is 8.22. The van der Waals surface area contributed by atoms with Gasteiger partial charge in [-0.25, -0.2) is 9.37 Å². The van der Waals surface area contributed by atoms with E-state index in [1.165, 1.54) is 17.8 Å². The van der Waals surface area contributed by atoms with Crippen molar-refractivity contribution >= 4 is 40.3 Å².